The fourth-order valence-corrected chi connectivity index (χ4v) is 1.47. The first-order chi connectivity index (χ1) is 4.68. The second-order valence-electron chi connectivity index (χ2n) is 2.91. The smallest absolute Gasteiger partial charge is 0.550 e. The summed E-state index contributed by atoms with van der Waals surface area (Å²) in [5.41, 5.74) is 0. The van der Waals surface area contributed by atoms with Crippen molar-refractivity contribution in [2.45, 2.75) is 31.8 Å². The van der Waals surface area contributed by atoms with Gasteiger partial charge in [-0.3, -0.25) is 0 Å². The molecule has 1 saturated carbocycles. The molecular weight excluding hydrogens is 171 g/mol. The van der Waals surface area contributed by atoms with Crippen LogP contribution in [-0.2, 0) is 4.79 Å². The molecule has 11 heavy (non-hydrogen) atoms. The zero-order valence-electron chi connectivity index (χ0n) is 6.75. The molecule has 0 radical (unpaired) electrons. The SMILES string of the molecule is O=C([O-])CC1CCC(O)C1.[K+]. The molecule has 0 heterocycles. The maximum absolute atomic E-state index is 10.1. The Morgan fingerprint density at radius 1 is 1.55 bits per heavy atom. The Balaban J connectivity index is 0.000001000. The number of aliphatic hydroxyl groups excluding tert-OH is 1. The molecule has 0 aromatic heterocycles. The van der Waals surface area contributed by atoms with E-state index in [1.165, 1.54) is 0 Å². The van der Waals surface area contributed by atoms with Gasteiger partial charge < -0.3 is 15.0 Å². The Hall–Kier alpha value is 1.07. The number of aliphatic hydroxyl groups is 1. The van der Waals surface area contributed by atoms with Gasteiger partial charge in [0.15, 0.2) is 0 Å². The van der Waals surface area contributed by atoms with Crippen LogP contribution in [0, 0.1) is 5.92 Å². The molecular formula is C7H11KO3. The van der Waals surface area contributed by atoms with E-state index in [9.17, 15) is 9.90 Å². The van der Waals surface area contributed by atoms with Crippen molar-refractivity contribution in [3.63, 3.8) is 0 Å². The standard InChI is InChI=1S/C7H12O3.K/c8-6-2-1-5(3-6)4-7(9)10;/h5-6,8H,1-4H2,(H,9,10);/q;+1/p-1. The first-order valence-corrected chi connectivity index (χ1v) is 3.56. The summed E-state index contributed by atoms with van der Waals surface area (Å²) in [6.07, 6.45) is 2.04. The van der Waals surface area contributed by atoms with Crippen molar-refractivity contribution in [2.75, 3.05) is 0 Å². The van der Waals surface area contributed by atoms with Crippen LogP contribution in [0.4, 0.5) is 0 Å². The van der Waals surface area contributed by atoms with Crippen molar-refractivity contribution in [1.29, 1.82) is 0 Å². The summed E-state index contributed by atoms with van der Waals surface area (Å²) in [4.78, 5) is 10.1. The largest absolute Gasteiger partial charge is 1.00 e. The zero-order chi connectivity index (χ0) is 7.56. The summed E-state index contributed by atoms with van der Waals surface area (Å²) in [5, 5.41) is 19.1. The number of carbonyl (C=O) groups excluding carboxylic acids is 1. The molecule has 0 spiro atoms. The Labute approximate surface area is 109 Å². The van der Waals surface area contributed by atoms with E-state index in [1.807, 2.05) is 0 Å². The minimum atomic E-state index is -1.00. The second kappa shape index (κ2) is 5.67. The average Bonchev–Trinajstić information content (AvgIpc) is 2.13. The van der Waals surface area contributed by atoms with Gasteiger partial charge in [-0.2, -0.15) is 0 Å². The fourth-order valence-electron chi connectivity index (χ4n) is 1.47. The zero-order valence-corrected chi connectivity index (χ0v) is 9.87. The third-order valence-electron chi connectivity index (χ3n) is 1.97. The van der Waals surface area contributed by atoms with Crippen LogP contribution in [-0.4, -0.2) is 17.2 Å². The van der Waals surface area contributed by atoms with E-state index < -0.39 is 5.97 Å². The second-order valence-corrected chi connectivity index (χ2v) is 2.91. The van der Waals surface area contributed by atoms with Crippen LogP contribution in [0.1, 0.15) is 25.7 Å². The Bertz CT molecular complexity index is 138. The molecule has 0 bridgehead atoms. The van der Waals surface area contributed by atoms with E-state index in [2.05, 4.69) is 0 Å². The summed E-state index contributed by atoms with van der Waals surface area (Å²) in [5.74, 6) is -0.848. The molecule has 1 aliphatic carbocycles. The van der Waals surface area contributed by atoms with Crippen LogP contribution in [0.5, 0.6) is 0 Å². The molecule has 3 nitrogen and oxygen atoms in total. The molecule has 0 aromatic rings. The number of carboxylic acid groups (broad SMARTS) is 1. The molecule has 1 aliphatic rings. The summed E-state index contributed by atoms with van der Waals surface area (Å²) in [6.45, 7) is 0. The molecule has 0 aliphatic heterocycles. The average molecular weight is 182 g/mol. The van der Waals surface area contributed by atoms with Gasteiger partial charge >= 0.3 is 51.4 Å². The predicted molar refractivity (Wildman–Crippen MR) is 33.0 cm³/mol. The first-order valence-electron chi connectivity index (χ1n) is 3.56. The molecule has 58 valence electrons. The minimum Gasteiger partial charge on any atom is -0.550 e. The number of carboxylic acids is 1. The van der Waals surface area contributed by atoms with Gasteiger partial charge in [0.25, 0.3) is 0 Å². The summed E-state index contributed by atoms with van der Waals surface area (Å²) < 4.78 is 0. The van der Waals surface area contributed by atoms with Crippen molar-refractivity contribution >= 4 is 5.97 Å². The quantitative estimate of drug-likeness (QED) is 0.447. The molecule has 1 fully saturated rings. The summed E-state index contributed by atoms with van der Waals surface area (Å²) in [6, 6.07) is 0. The van der Waals surface area contributed by atoms with Gasteiger partial charge in [-0.1, -0.05) is 0 Å². The molecule has 2 unspecified atom stereocenters. The number of rotatable bonds is 2. The van der Waals surface area contributed by atoms with Gasteiger partial charge in [-0.05, 0) is 31.6 Å². The third-order valence-corrected chi connectivity index (χ3v) is 1.97. The van der Waals surface area contributed by atoms with Gasteiger partial charge in [0.2, 0.25) is 0 Å². The number of aliphatic carboxylic acids is 1. The molecule has 2 atom stereocenters. The van der Waals surface area contributed by atoms with Crippen LogP contribution in [0.15, 0.2) is 0 Å². The molecule has 1 rings (SSSR count). The van der Waals surface area contributed by atoms with E-state index in [0.29, 0.717) is 6.42 Å². The van der Waals surface area contributed by atoms with E-state index in [4.69, 9.17) is 5.11 Å². The van der Waals surface area contributed by atoms with Gasteiger partial charge in [-0.15, -0.1) is 0 Å². The monoisotopic (exact) mass is 182 g/mol. The van der Waals surface area contributed by atoms with Crippen LogP contribution >= 0.6 is 0 Å². The normalized spacial score (nSPS) is 29.5. The van der Waals surface area contributed by atoms with Crippen molar-refractivity contribution in [2.24, 2.45) is 5.92 Å². The summed E-state index contributed by atoms with van der Waals surface area (Å²) >= 11 is 0. The van der Waals surface area contributed by atoms with Crippen LogP contribution < -0.4 is 56.5 Å². The third kappa shape index (κ3) is 4.60. The van der Waals surface area contributed by atoms with Crippen LogP contribution in [0.2, 0.25) is 0 Å². The molecule has 0 amide bonds. The number of hydrogen-bond donors (Lipinski definition) is 1. The molecule has 0 aromatic carbocycles. The Kier molecular flexibility index (Phi) is 6.22. The number of hydrogen-bond acceptors (Lipinski definition) is 3. The summed E-state index contributed by atoms with van der Waals surface area (Å²) in [7, 11) is 0. The Morgan fingerprint density at radius 2 is 2.18 bits per heavy atom. The van der Waals surface area contributed by atoms with Gasteiger partial charge in [0.05, 0.1) is 6.10 Å². The first kappa shape index (κ1) is 12.1. The topological polar surface area (TPSA) is 60.4 Å². The van der Waals surface area contributed by atoms with E-state index in [-0.39, 0.29) is 69.8 Å². The van der Waals surface area contributed by atoms with E-state index in [1.54, 1.807) is 0 Å². The van der Waals surface area contributed by atoms with Crippen LogP contribution in [0.25, 0.3) is 0 Å². The van der Waals surface area contributed by atoms with Gasteiger partial charge in [0, 0.05) is 5.97 Å². The Morgan fingerprint density at radius 3 is 2.55 bits per heavy atom. The fraction of sp³-hybridized carbons (Fsp3) is 0.857. The van der Waals surface area contributed by atoms with Gasteiger partial charge in [-0.25, -0.2) is 0 Å². The van der Waals surface area contributed by atoms with Crippen LogP contribution in [0.3, 0.4) is 0 Å². The van der Waals surface area contributed by atoms with E-state index >= 15 is 0 Å². The maximum Gasteiger partial charge on any atom is 1.00 e. The van der Waals surface area contributed by atoms with Gasteiger partial charge in [0.1, 0.15) is 0 Å². The van der Waals surface area contributed by atoms with Crippen molar-refractivity contribution in [3.8, 4) is 0 Å². The molecule has 0 saturated heterocycles. The van der Waals surface area contributed by atoms with Crippen molar-refractivity contribution in [3.05, 3.63) is 0 Å². The number of carbonyl (C=O) groups is 1. The minimum absolute atomic E-state index is 0. The molecule has 1 N–H and O–H groups in total. The maximum atomic E-state index is 10.1. The van der Waals surface area contributed by atoms with Crippen molar-refractivity contribution in [1.82, 2.24) is 0 Å². The van der Waals surface area contributed by atoms with Crippen molar-refractivity contribution < 1.29 is 66.4 Å². The van der Waals surface area contributed by atoms with E-state index in [0.717, 1.165) is 12.8 Å². The molecule has 4 heteroatoms. The predicted octanol–water partition coefficient (Wildman–Crippen LogP) is -3.71.